The molecule has 0 saturated carbocycles. The molecule has 0 amide bonds. The third-order valence-electron chi connectivity index (χ3n) is 4.42. The Labute approximate surface area is 154 Å². The molecule has 1 aliphatic rings. The Morgan fingerprint density at radius 1 is 0.692 bits per heavy atom. The standard InChI is InChI=1S/C23H22N2O/c1-17(2)25-24-22(23(26-25)19-13-7-4-8-14-19)21-16-10-9-15-20(21)18-11-5-3-6-12-18/h3-17,24H,1-2H3. The van der Waals surface area contributed by atoms with E-state index in [1.54, 1.807) is 5.17 Å². The first kappa shape index (κ1) is 16.4. The van der Waals surface area contributed by atoms with Gasteiger partial charge in [0.1, 0.15) is 5.70 Å². The highest BCUT2D eigenvalue weighted by Gasteiger charge is 2.29. The van der Waals surface area contributed by atoms with Gasteiger partial charge in [0.05, 0.1) is 6.04 Å². The number of hydroxylamine groups is 1. The molecule has 0 radical (unpaired) electrons. The monoisotopic (exact) mass is 342 g/mol. The van der Waals surface area contributed by atoms with Crippen molar-refractivity contribution in [2.75, 3.05) is 0 Å². The maximum Gasteiger partial charge on any atom is 0.182 e. The van der Waals surface area contributed by atoms with Gasteiger partial charge in [0.2, 0.25) is 0 Å². The predicted octanol–water partition coefficient (Wildman–Crippen LogP) is 5.34. The second-order valence-corrected chi connectivity index (χ2v) is 6.60. The van der Waals surface area contributed by atoms with E-state index in [2.05, 4.69) is 79.9 Å². The molecule has 0 spiro atoms. The van der Waals surface area contributed by atoms with Crippen LogP contribution < -0.4 is 5.43 Å². The lowest BCUT2D eigenvalue weighted by Gasteiger charge is -2.20. The molecule has 0 atom stereocenters. The number of nitrogens with one attached hydrogen (secondary N) is 1. The average Bonchev–Trinajstić information content (AvgIpc) is 3.15. The van der Waals surface area contributed by atoms with Crippen LogP contribution in [0, 0.1) is 0 Å². The Balaban J connectivity index is 1.87. The van der Waals surface area contributed by atoms with Crippen molar-refractivity contribution in [1.29, 1.82) is 0 Å². The summed E-state index contributed by atoms with van der Waals surface area (Å²) in [6.45, 7) is 4.20. The molecule has 0 aromatic heterocycles. The van der Waals surface area contributed by atoms with Gasteiger partial charge in [-0.15, -0.1) is 0 Å². The van der Waals surface area contributed by atoms with Crippen LogP contribution in [0.2, 0.25) is 0 Å². The van der Waals surface area contributed by atoms with E-state index in [4.69, 9.17) is 4.84 Å². The molecule has 0 fully saturated rings. The normalized spacial score (nSPS) is 14.4. The Morgan fingerprint density at radius 2 is 1.23 bits per heavy atom. The van der Waals surface area contributed by atoms with Crippen molar-refractivity contribution in [3.63, 3.8) is 0 Å². The van der Waals surface area contributed by atoms with Crippen LogP contribution in [-0.2, 0) is 4.84 Å². The zero-order chi connectivity index (χ0) is 17.9. The third kappa shape index (κ3) is 3.09. The second-order valence-electron chi connectivity index (χ2n) is 6.60. The van der Waals surface area contributed by atoms with Crippen LogP contribution in [0.25, 0.3) is 22.6 Å². The van der Waals surface area contributed by atoms with E-state index in [1.165, 1.54) is 11.1 Å². The van der Waals surface area contributed by atoms with Crippen LogP contribution in [0.4, 0.5) is 0 Å². The number of benzene rings is 3. The molecule has 0 bridgehead atoms. The molecule has 3 aromatic rings. The topological polar surface area (TPSA) is 24.5 Å². The fraction of sp³-hybridized carbons (Fsp3) is 0.130. The van der Waals surface area contributed by atoms with E-state index in [9.17, 15) is 0 Å². The molecule has 1 N–H and O–H groups in total. The fourth-order valence-electron chi connectivity index (χ4n) is 3.10. The third-order valence-corrected chi connectivity index (χ3v) is 4.42. The summed E-state index contributed by atoms with van der Waals surface area (Å²) in [4.78, 5) is 6.17. The summed E-state index contributed by atoms with van der Waals surface area (Å²) in [7, 11) is 0. The van der Waals surface area contributed by atoms with E-state index < -0.39 is 0 Å². The lowest BCUT2D eigenvalue weighted by atomic mass is 9.96. The van der Waals surface area contributed by atoms with Gasteiger partial charge in [0, 0.05) is 11.1 Å². The summed E-state index contributed by atoms with van der Waals surface area (Å²) in [5.74, 6) is 0.850. The van der Waals surface area contributed by atoms with Crippen molar-refractivity contribution < 1.29 is 4.84 Å². The van der Waals surface area contributed by atoms with E-state index in [-0.39, 0.29) is 6.04 Å². The van der Waals surface area contributed by atoms with Crippen molar-refractivity contribution in [3.05, 3.63) is 96.1 Å². The maximum absolute atomic E-state index is 6.17. The minimum atomic E-state index is 0.204. The van der Waals surface area contributed by atoms with Crippen LogP contribution in [0.15, 0.2) is 84.9 Å². The molecule has 4 rings (SSSR count). The average molecular weight is 342 g/mol. The lowest BCUT2D eigenvalue weighted by molar-refractivity contribution is -0.125. The molecule has 3 nitrogen and oxygen atoms in total. The van der Waals surface area contributed by atoms with Gasteiger partial charge in [0.25, 0.3) is 0 Å². The molecule has 130 valence electrons. The first-order valence-corrected chi connectivity index (χ1v) is 8.92. The van der Waals surface area contributed by atoms with Gasteiger partial charge >= 0.3 is 0 Å². The molecule has 3 aromatic carbocycles. The van der Waals surface area contributed by atoms with E-state index in [1.807, 2.05) is 24.3 Å². The van der Waals surface area contributed by atoms with Crippen molar-refractivity contribution in [1.82, 2.24) is 10.6 Å². The Bertz CT molecular complexity index is 917. The highest BCUT2D eigenvalue weighted by Crippen LogP contribution is 2.36. The molecule has 26 heavy (non-hydrogen) atoms. The summed E-state index contributed by atoms with van der Waals surface area (Å²) in [6, 6.07) is 29.3. The minimum absolute atomic E-state index is 0.204. The lowest BCUT2D eigenvalue weighted by Crippen LogP contribution is -2.36. The van der Waals surface area contributed by atoms with Crippen LogP contribution in [0.3, 0.4) is 0 Å². The number of hydrogen-bond acceptors (Lipinski definition) is 3. The maximum atomic E-state index is 6.17. The van der Waals surface area contributed by atoms with Crippen molar-refractivity contribution >= 4 is 11.5 Å². The summed E-state index contributed by atoms with van der Waals surface area (Å²) >= 11 is 0. The van der Waals surface area contributed by atoms with E-state index in [0.29, 0.717) is 0 Å². The summed E-state index contributed by atoms with van der Waals surface area (Å²) in [5.41, 5.74) is 9.00. The first-order chi connectivity index (χ1) is 12.7. The molecule has 1 heterocycles. The highest BCUT2D eigenvalue weighted by molar-refractivity contribution is 5.93. The smallest absolute Gasteiger partial charge is 0.182 e. The predicted molar refractivity (Wildman–Crippen MR) is 106 cm³/mol. The van der Waals surface area contributed by atoms with Gasteiger partial charge in [-0.3, -0.25) is 5.43 Å². The Morgan fingerprint density at radius 3 is 1.85 bits per heavy atom. The van der Waals surface area contributed by atoms with Crippen LogP contribution >= 0.6 is 0 Å². The van der Waals surface area contributed by atoms with Gasteiger partial charge in [-0.1, -0.05) is 90.1 Å². The molecular formula is C23H22N2O. The zero-order valence-electron chi connectivity index (χ0n) is 15.0. The van der Waals surface area contributed by atoms with Crippen LogP contribution in [0.1, 0.15) is 25.0 Å². The van der Waals surface area contributed by atoms with E-state index >= 15 is 0 Å². The van der Waals surface area contributed by atoms with Gasteiger partial charge < -0.3 is 4.84 Å². The van der Waals surface area contributed by atoms with Gasteiger partial charge in [-0.05, 0) is 25.0 Å². The molecule has 0 unspecified atom stereocenters. The molecule has 0 aliphatic carbocycles. The summed E-state index contributed by atoms with van der Waals surface area (Å²) in [5, 5.41) is 1.80. The largest absolute Gasteiger partial charge is 0.383 e. The molecule has 3 heteroatoms. The second kappa shape index (κ2) is 7.06. The SMILES string of the molecule is CC(C)N1NC(c2ccccc2-c2ccccc2)=C(c2ccccc2)O1. The number of hydrogen-bond donors (Lipinski definition) is 1. The van der Waals surface area contributed by atoms with Crippen LogP contribution in [0.5, 0.6) is 0 Å². The van der Waals surface area contributed by atoms with E-state index in [0.717, 1.165) is 22.6 Å². The van der Waals surface area contributed by atoms with Gasteiger partial charge in [0.15, 0.2) is 5.76 Å². The molecule has 0 saturated heterocycles. The summed E-state index contributed by atoms with van der Waals surface area (Å²) < 4.78 is 0. The van der Waals surface area contributed by atoms with Gasteiger partial charge in [-0.25, -0.2) is 0 Å². The number of hydrazine groups is 1. The minimum Gasteiger partial charge on any atom is -0.383 e. The Hall–Kier alpha value is -3.04. The van der Waals surface area contributed by atoms with Crippen LogP contribution in [-0.4, -0.2) is 11.2 Å². The Kier molecular flexibility index (Phi) is 4.46. The van der Waals surface area contributed by atoms with Crippen molar-refractivity contribution in [2.24, 2.45) is 0 Å². The van der Waals surface area contributed by atoms with Crippen molar-refractivity contribution in [3.8, 4) is 11.1 Å². The first-order valence-electron chi connectivity index (χ1n) is 8.92. The van der Waals surface area contributed by atoms with Gasteiger partial charge in [-0.2, -0.15) is 0 Å². The molecular weight excluding hydrogens is 320 g/mol. The highest BCUT2D eigenvalue weighted by atomic mass is 16.7. The van der Waals surface area contributed by atoms with Crippen molar-refractivity contribution in [2.45, 2.75) is 19.9 Å². The zero-order valence-corrected chi connectivity index (χ0v) is 15.0. The molecule has 1 aliphatic heterocycles. The summed E-state index contributed by atoms with van der Waals surface area (Å²) in [6.07, 6.45) is 0. The number of nitrogens with zero attached hydrogens (tertiary/aromatic N) is 1. The quantitative estimate of drug-likeness (QED) is 0.692. The number of rotatable bonds is 4. The fourth-order valence-corrected chi connectivity index (χ4v) is 3.10.